The number of methoxy groups -OCH3 is 1. The standard InChI is InChI=1S/C20H21N3O2S/c1-25-18-10-9-16-6-2-3-7-17(16)20(18)26(24)23-14-12-22(13-15-23)19-8-4-5-11-21-19/h2-11H,12-15H2,1H3/t26-/m0/s1. The number of aromatic nitrogens is 1. The third-order valence-electron chi connectivity index (χ3n) is 4.68. The van der Waals surface area contributed by atoms with Crippen molar-refractivity contribution >= 4 is 27.6 Å². The highest BCUT2D eigenvalue weighted by molar-refractivity contribution is 7.83. The van der Waals surface area contributed by atoms with Crippen molar-refractivity contribution in [2.75, 3.05) is 38.2 Å². The van der Waals surface area contributed by atoms with E-state index in [0.717, 1.165) is 47.7 Å². The second-order valence-electron chi connectivity index (χ2n) is 6.17. The molecule has 1 saturated heterocycles. The van der Waals surface area contributed by atoms with Crippen LogP contribution in [0.4, 0.5) is 5.82 Å². The number of hydrogen-bond donors (Lipinski definition) is 0. The van der Waals surface area contributed by atoms with E-state index in [0.29, 0.717) is 5.75 Å². The first kappa shape index (κ1) is 17.0. The highest BCUT2D eigenvalue weighted by Gasteiger charge is 2.26. The van der Waals surface area contributed by atoms with Gasteiger partial charge in [0.1, 0.15) is 27.4 Å². The molecule has 2 aromatic carbocycles. The summed E-state index contributed by atoms with van der Waals surface area (Å²) in [5, 5.41) is 2.06. The third kappa shape index (κ3) is 3.18. The summed E-state index contributed by atoms with van der Waals surface area (Å²) in [6.07, 6.45) is 1.81. The number of piperazine rings is 1. The predicted octanol–water partition coefficient (Wildman–Crippen LogP) is 3.09. The van der Waals surface area contributed by atoms with Gasteiger partial charge in [0.2, 0.25) is 0 Å². The van der Waals surface area contributed by atoms with Gasteiger partial charge in [-0.25, -0.2) is 13.5 Å². The fraction of sp³-hybridized carbons (Fsp3) is 0.250. The minimum atomic E-state index is -1.27. The molecule has 1 atom stereocenters. The SMILES string of the molecule is COc1ccc2ccccc2c1[S@](=O)N1CCN(c2ccccn2)CC1. The quantitative estimate of drug-likeness (QED) is 0.711. The van der Waals surface area contributed by atoms with Gasteiger partial charge in [-0.2, -0.15) is 0 Å². The van der Waals surface area contributed by atoms with Gasteiger partial charge in [0.25, 0.3) is 0 Å². The second kappa shape index (κ2) is 7.43. The first-order chi connectivity index (χ1) is 12.8. The maximum atomic E-state index is 13.4. The summed E-state index contributed by atoms with van der Waals surface area (Å²) in [7, 11) is 0.363. The molecule has 0 bridgehead atoms. The molecule has 3 aromatic rings. The van der Waals surface area contributed by atoms with Crippen LogP contribution in [-0.2, 0) is 11.0 Å². The monoisotopic (exact) mass is 367 g/mol. The molecule has 0 aliphatic carbocycles. The summed E-state index contributed by atoms with van der Waals surface area (Å²) in [6.45, 7) is 3.04. The van der Waals surface area contributed by atoms with Gasteiger partial charge in [-0.15, -0.1) is 0 Å². The lowest BCUT2D eigenvalue weighted by molar-refractivity contribution is 0.393. The van der Waals surface area contributed by atoms with Crippen LogP contribution in [0, 0.1) is 0 Å². The van der Waals surface area contributed by atoms with Gasteiger partial charge in [-0.1, -0.05) is 36.4 Å². The van der Waals surface area contributed by atoms with Crippen LogP contribution < -0.4 is 9.64 Å². The van der Waals surface area contributed by atoms with Crippen LogP contribution in [0.2, 0.25) is 0 Å². The molecule has 4 rings (SSSR count). The Morgan fingerprint density at radius 3 is 2.46 bits per heavy atom. The lowest BCUT2D eigenvalue weighted by atomic mass is 10.1. The Morgan fingerprint density at radius 1 is 0.962 bits per heavy atom. The van der Waals surface area contributed by atoms with E-state index in [9.17, 15) is 4.21 Å². The molecular formula is C20H21N3O2S. The van der Waals surface area contributed by atoms with E-state index < -0.39 is 11.0 Å². The minimum absolute atomic E-state index is 0.675. The molecule has 5 nitrogen and oxygen atoms in total. The normalized spacial score (nSPS) is 16.6. The maximum Gasteiger partial charge on any atom is 0.137 e. The number of nitrogens with zero attached hydrogens (tertiary/aromatic N) is 3. The molecule has 134 valence electrons. The number of hydrogen-bond acceptors (Lipinski definition) is 4. The number of rotatable bonds is 4. The molecule has 6 heteroatoms. The van der Waals surface area contributed by atoms with E-state index in [2.05, 4.69) is 9.88 Å². The molecule has 0 unspecified atom stereocenters. The summed E-state index contributed by atoms with van der Waals surface area (Å²) in [4.78, 5) is 7.40. The zero-order valence-corrected chi connectivity index (χ0v) is 15.5. The van der Waals surface area contributed by atoms with Crippen molar-refractivity contribution in [1.29, 1.82) is 0 Å². The molecule has 1 aliphatic heterocycles. The molecule has 0 amide bonds. The van der Waals surface area contributed by atoms with Crippen molar-refractivity contribution in [3.8, 4) is 5.75 Å². The molecule has 1 aromatic heterocycles. The Balaban J connectivity index is 1.58. The minimum Gasteiger partial charge on any atom is -0.495 e. The summed E-state index contributed by atoms with van der Waals surface area (Å²) in [5.74, 6) is 1.65. The summed E-state index contributed by atoms with van der Waals surface area (Å²) in [5.41, 5.74) is 0. The number of ether oxygens (including phenoxy) is 1. The second-order valence-corrected chi connectivity index (χ2v) is 7.59. The van der Waals surface area contributed by atoms with Crippen molar-refractivity contribution in [3.05, 3.63) is 60.8 Å². The third-order valence-corrected chi connectivity index (χ3v) is 6.29. The van der Waals surface area contributed by atoms with Gasteiger partial charge < -0.3 is 9.64 Å². The summed E-state index contributed by atoms with van der Waals surface area (Å²) < 4.78 is 20.9. The van der Waals surface area contributed by atoms with Crippen LogP contribution in [-0.4, -0.2) is 46.8 Å². The van der Waals surface area contributed by atoms with Crippen LogP contribution in [0.3, 0.4) is 0 Å². The van der Waals surface area contributed by atoms with Crippen molar-refractivity contribution in [2.45, 2.75) is 4.90 Å². The Morgan fingerprint density at radius 2 is 1.73 bits per heavy atom. The molecule has 0 radical (unpaired) electrons. The Labute approximate surface area is 155 Å². The molecule has 0 saturated carbocycles. The fourth-order valence-corrected chi connectivity index (χ4v) is 4.77. The van der Waals surface area contributed by atoms with Crippen molar-refractivity contribution < 1.29 is 8.95 Å². The van der Waals surface area contributed by atoms with Crippen molar-refractivity contribution in [1.82, 2.24) is 9.29 Å². The Kier molecular flexibility index (Phi) is 4.86. The van der Waals surface area contributed by atoms with E-state index in [4.69, 9.17) is 4.74 Å². The topological polar surface area (TPSA) is 45.7 Å². The van der Waals surface area contributed by atoms with Gasteiger partial charge in [0, 0.05) is 37.8 Å². The van der Waals surface area contributed by atoms with Crippen LogP contribution in [0.1, 0.15) is 0 Å². The van der Waals surface area contributed by atoms with Gasteiger partial charge in [-0.05, 0) is 23.6 Å². The summed E-state index contributed by atoms with van der Waals surface area (Å²) in [6, 6.07) is 17.8. The molecular weight excluding hydrogens is 346 g/mol. The predicted molar refractivity (Wildman–Crippen MR) is 105 cm³/mol. The van der Waals surface area contributed by atoms with Crippen LogP contribution in [0.25, 0.3) is 10.8 Å². The number of pyridine rings is 1. The smallest absolute Gasteiger partial charge is 0.137 e. The van der Waals surface area contributed by atoms with E-state index in [1.807, 2.05) is 58.9 Å². The highest BCUT2D eigenvalue weighted by atomic mass is 32.2. The molecule has 26 heavy (non-hydrogen) atoms. The molecule has 0 spiro atoms. The maximum absolute atomic E-state index is 13.4. The van der Waals surface area contributed by atoms with E-state index in [-0.39, 0.29) is 0 Å². The van der Waals surface area contributed by atoms with E-state index >= 15 is 0 Å². The zero-order chi connectivity index (χ0) is 17.9. The molecule has 2 heterocycles. The number of anilines is 1. The largest absolute Gasteiger partial charge is 0.495 e. The van der Waals surface area contributed by atoms with Gasteiger partial charge in [0.05, 0.1) is 7.11 Å². The van der Waals surface area contributed by atoms with Crippen molar-refractivity contribution in [3.63, 3.8) is 0 Å². The van der Waals surface area contributed by atoms with Gasteiger partial charge >= 0.3 is 0 Å². The average Bonchev–Trinajstić information content (AvgIpc) is 2.73. The zero-order valence-electron chi connectivity index (χ0n) is 14.7. The van der Waals surface area contributed by atoms with Crippen LogP contribution >= 0.6 is 0 Å². The molecule has 1 aliphatic rings. The van der Waals surface area contributed by atoms with Crippen LogP contribution in [0.5, 0.6) is 5.75 Å². The Hall–Kier alpha value is -2.44. The molecule has 1 fully saturated rings. The first-order valence-electron chi connectivity index (χ1n) is 8.66. The van der Waals surface area contributed by atoms with Gasteiger partial charge in [0.15, 0.2) is 0 Å². The molecule has 0 N–H and O–H groups in total. The van der Waals surface area contributed by atoms with Crippen LogP contribution in [0.15, 0.2) is 65.7 Å². The number of benzene rings is 2. The highest BCUT2D eigenvalue weighted by Crippen LogP contribution is 2.32. The fourth-order valence-electron chi connectivity index (χ4n) is 3.32. The van der Waals surface area contributed by atoms with Crippen molar-refractivity contribution in [2.24, 2.45) is 0 Å². The lowest BCUT2D eigenvalue weighted by Gasteiger charge is -2.34. The average molecular weight is 367 g/mol. The van der Waals surface area contributed by atoms with Gasteiger partial charge in [-0.3, -0.25) is 0 Å². The number of fused-ring (bicyclic) bond motifs is 1. The van der Waals surface area contributed by atoms with E-state index in [1.165, 1.54) is 0 Å². The summed E-state index contributed by atoms with van der Waals surface area (Å²) >= 11 is 0. The Bertz CT molecular complexity index is 925. The first-order valence-corrected chi connectivity index (χ1v) is 9.77. The van der Waals surface area contributed by atoms with E-state index in [1.54, 1.807) is 13.3 Å². The lowest BCUT2D eigenvalue weighted by Crippen LogP contribution is -2.47.